The second-order valence-corrected chi connectivity index (χ2v) is 5.82. The number of amides is 1. The molecule has 0 saturated carbocycles. The van der Waals surface area contributed by atoms with E-state index in [9.17, 15) is 4.79 Å². The van der Waals surface area contributed by atoms with Crippen molar-refractivity contribution in [2.45, 2.75) is 19.4 Å². The molecule has 1 aromatic heterocycles. The van der Waals surface area contributed by atoms with Gasteiger partial charge in [0.05, 0.1) is 13.2 Å². The Morgan fingerprint density at radius 3 is 2.75 bits per heavy atom. The van der Waals surface area contributed by atoms with Gasteiger partial charge in [0, 0.05) is 25.7 Å². The quantitative estimate of drug-likeness (QED) is 0.906. The fraction of sp³-hybridized carbons (Fsp3) is 0.389. The molecule has 2 heterocycles. The maximum absolute atomic E-state index is 12.4. The minimum absolute atomic E-state index is 0.0709. The van der Waals surface area contributed by atoms with Crippen LogP contribution in [0.3, 0.4) is 0 Å². The van der Waals surface area contributed by atoms with Gasteiger partial charge in [-0.3, -0.25) is 4.79 Å². The summed E-state index contributed by atoms with van der Waals surface area (Å²) < 4.78 is 5.29. The molecule has 3 rings (SSSR count). The van der Waals surface area contributed by atoms with Crippen LogP contribution in [0.2, 0.25) is 0 Å². The monoisotopic (exact) mass is 326 g/mol. The Balaban J connectivity index is 1.62. The molecule has 1 aromatic carbocycles. The predicted octanol–water partition coefficient (Wildman–Crippen LogP) is 1.73. The Morgan fingerprint density at radius 2 is 2.00 bits per heavy atom. The molecule has 2 aromatic rings. The fourth-order valence-corrected chi connectivity index (χ4v) is 2.68. The van der Waals surface area contributed by atoms with Crippen LogP contribution >= 0.6 is 0 Å². The van der Waals surface area contributed by atoms with Gasteiger partial charge in [0.15, 0.2) is 0 Å². The number of rotatable bonds is 5. The number of hydrogen-bond donors (Lipinski definition) is 1. The summed E-state index contributed by atoms with van der Waals surface area (Å²) >= 11 is 0. The van der Waals surface area contributed by atoms with E-state index in [1.54, 1.807) is 12.3 Å². The number of carbonyl (C=O) groups excluding carboxylic acids is 1. The minimum atomic E-state index is -0.331. The Bertz CT molecular complexity index is 672. The fourth-order valence-electron chi connectivity index (χ4n) is 2.68. The molecule has 0 spiro atoms. The summed E-state index contributed by atoms with van der Waals surface area (Å²) in [6.45, 7) is 4.36. The van der Waals surface area contributed by atoms with E-state index in [4.69, 9.17) is 4.74 Å². The third-order valence-corrected chi connectivity index (χ3v) is 3.97. The minimum Gasteiger partial charge on any atom is -0.378 e. The summed E-state index contributed by atoms with van der Waals surface area (Å²) in [6.07, 6.45) is 2.39. The highest BCUT2D eigenvalue weighted by Crippen LogP contribution is 2.10. The van der Waals surface area contributed by atoms with E-state index in [0.29, 0.717) is 38.5 Å². The molecule has 1 fully saturated rings. The molecule has 24 heavy (non-hydrogen) atoms. The standard InChI is InChI=1S/C18H22N4O2/c1-14(18(23)22-9-11-24-12-10-22)20-16-7-8-19-17(21-16)13-15-5-3-2-4-6-15/h2-8,14H,9-13H2,1H3,(H,19,20,21)/t14-/m0/s1. The molecule has 6 heteroatoms. The van der Waals surface area contributed by atoms with Gasteiger partial charge in [-0.05, 0) is 18.6 Å². The van der Waals surface area contributed by atoms with E-state index in [1.807, 2.05) is 42.2 Å². The summed E-state index contributed by atoms with van der Waals surface area (Å²) in [7, 11) is 0. The van der Waals surface area contributed by atoms with E-state index >= 15 is 0 Å². The van der Waals surface area contributed by atoms with Crippen molar-refractivity contribution in [3.8, 4) is 0 Å². The number of carbonyl (C=O) groups is 1. The average Bonchev–Trinajstić information content (AvgIpc) is 2.63. The Kier molecular flexibility index (Phi) is 5.38. The van der Waals surface area contributed by atoms with Gasteiger partial charge in [0.2, 0.25) is 5.91 Å². The third kappa shape index (κ3) is 4.29. The number of ether oxygens (including phenoxy) is 1. The lowest BCUT2D eigenvalue weighted by atomic mass is 10.1. The summed E-state index contributed by atoms with van der Waals surface area (Å²) in [5.74, 6) is 1.48. The zero-order valence-corrected chi connectivity index (χ0v) is 13.8. The Morgan fingerprint density at radius 1 is 1.25 bits per heavy atom. The van der Waals surface area contributed by atoms with Crippen molar-refractivity contribution in [2.24, 2.45) is 0 Å². The zero-order valence-electron chi connectivity index (χ0n) is 13.8. The van der Waals surface area contributed by atoms with Crippen LogP contribution in [0.1, 0.15) is 18.3 Å². The molecular formula is C18H22N4O2. The van der Waals surface area contributed by atoms with Crippen molar-refractivity contribution in [2.75, 3.05) is 31.6 Å². The van der Waals surface area contributed by atoms with E-state index in [-0.39, 0.29) is 11.9 Å². The lowest BCUT2D eigenvalue weighted by Crippen LogP contribution is -2.47. The first-order chi connectivity index (χ1) is 11.7. The lowest BCUT2D eigenvalue weighted by molar-refractivity contribution is -0.135. The molecule has 1 saturated heterocycles. The third-order valence-electron chi connectivity index (χ3n) is 3.97. The molecule has 0 radical (unpaired) electrons. The lowest BCUT2D eigenvalue weighted by Gasteiger charge is -2.29. The first-order valence-electron chi connectivity index (χ1n) is 8.21. The van der Waals surface area contributed by atoms with E-state index in [2.05, 4.69) is 15.3 Å². The molecule has 1 aliphatic heterocycles. The summed E-state index contributed by atoms with van der Waals surface area (Å²) in [5.41, 5.74) is 1.16. The second kappa shape index (κ2) is 7.88. The van der Waals surface area contributed by atoms with E-state index in [0.717, 1.165) is 11.4 Å². The molecule has 126 valence electrons. The molecular weight excluding hydrogens is 304 g/mol. The molecule has 0 unspecified atom stereocenters. The topological polar surface area (TPSA) is 67.4 Å². The second-order valence-electron chi connectivity index (χ2n) is 5.82. The molecule has 1 aliphatic rings. The molecule has 1 N–H and O–H groups in total. The first-order valence-corrected chi connectivity index (χ1v) is 8.21. The smallest absolute Gasteiger partial charge is 0.244 e. The summed E-state index contributed by atoms with van der Waals surface area (Å²) in [6, 6.07) is 11.5. The van der Waals surface area contributed by atoms with Crippen molar-refractivity contribution in [3.05, 3.63) is 54.0 Å². The van der Waals surface area contributed by atoms with Gasteiger partial charge in [0.1, 0.15) is 17.7 Å². The number of morpholine rings is 1. The van der Waals surface area contributed by atoms with Gasteiger partial charge in [-0.15, -0.1) is 0 Å². The molecule has 0 aliphatic carbocycles. The molecule has 1 amide bonds. The van der Waals surface area contributed by atoms with Gasteiger partial charge in [-0.2, -0.15) is 0 Å². The van der Waals surface area contributed by atoms with Crippen LogP contribution in [0.25, 0.3) is 0 Å². The van der Waals surface area contributed by atoms with Crippen LogP contribution < -0.4 is 5.32 Å². The van der Waals surface area contributed by atoms with Crippen molar-refractivity contribution in [3.63, 3.8) is 0 Å². The highest BCUT2D eigenvalue weighted by molar-refractivity contribution is 5.84. The molecule has 0 bridgehead atoms. The zero-order chi connectivity index (χ0) is 16.8. The number of aromatic nitrogens is 2. The molecule has 6 nitrogen and oxygen atoms in total. The van der Waals surface area contributed by atoms with Crippen molar-refractivity contribution in [1.82, 2.24) is 14.9 Å². The first kappa shape index (κ1) is 16.4. The number of nitrogens with zero attached hydrogens (tertiary/aromatic N) is 3. The highest BCUT2D eigenvalue weighted by Gasteiger charge is 2.22. The summed E-state index contributed by atoms with van der Waals surface area (Å²) in [4.78, 5) is 23.1. The van der Waals surface area contributed by atoms with Gasteiger partial charge >= 0.3 is 0 Å². The van der Waals surface area contributed by atoms with E-state index < -0.39 is 0 Å². The van der Waals surface area contributed by atoms with Gasteiger partial charge < -0.3 is 15.0 Å². The maximum Gasteiger partial charge on any atom is 0.244 e. The van der Waals surface area contributed by atoms with Crippen molar-refractivity contribution in [1.29, 1.82) is 0 Å². The highest BCUT2D eigenvalue weighted by atomic mass is 16.5. The largest absolute Gasteiger partial charge is 0.378 e. The average molecular weight is 326 g/mol. The van der Waals surface area contributed by atoms with Crippen LogP contribution in [0, 0.1) is 0 Å². The number of anilines is 1. The van der Waals surface area contributed by atoms with E-state index in [1.165, 1.54) is 0 Å². The van der Waals surface area contributed by atoms with Gasteiger partial charge in [-0.25, -0.2) is 9.97 Å². The normalized spacial score (nSPS) is 15.8. The van der Waals surface area contributed by atoms with Gasteiger partial charge in [-0.1, -0.05) is 30.3 Å². The Hall–Kier alpha value is -2.47. The number of hydrogen-bond acceptors (Lipinski definition) is 5. The number of nitrogens with one attached hydrogen (secondary N) is 1. The Labute approximate surface area is 141 Å². The molecule has 1 atom stereocenters. The maximum atomic E-state index is 12.4. The van der Waals surface area contributed by atoms with Crippen LogP contribution in [-0.2, 0) is 16.0 Å². The van der Waals surface area contributed by atoms with Gasteiger partial charge in [0.25, 0.3) is 0 Å². The van der Waals surface area contributed by atoms with Crippen LogP contribution in [0.5, 0.6) is 0 Å². The van der Waals surface area contributed by atoms with Crippen molar-refractivity contribution >= 4 is 11.7 Å². The predicted molar refractivity (Wildman–Crippen MR) is 91.8 cm³/mol. The SMILES string of the molecule is C[C@H](Nc1ccnc(Cc2ccccc2)n1)C(=O)N1CCOCC1. The van der Waals surface area contributed by atoms with Crippen LogP contribution in [-0.4, -0.2) is 53.1 Å². The van der Waals surface area contributed by atoms with Crippen molar-refractivity contribution < 1.29 is 9.53 Å². The van der Waals surface area contributed by atoms with Crippen LogP contribution in [0.15, 0.2) is 42.6 Å². The summed E-state index contributed by atoms with van der Waals surface area (Å²) in [5, 5.41) is 3.18. The number of benzene rings is 1. The van der Waals surface area contributed by atoms with Crippen LogP contribution in [0.4, 0.5) is 5.82 Å².